The molecule has 2 aliphatic heterocycles. The smallest absolute Gasteiger partial charge is 0.193 e. The van der Waals surface area contributed by atoms with E-state index >= 15 is 0 Å². The van der Waals surface area contributed by atoms with Gasteiger partial charge in [0.1, 0.15) is 0 Å². The summed E-state index contributed by atoms with van der Waals surface area (Å²) in [7, 11) is 0. The Kier molecular flexibility index (Phi) is 10.2. The van der Waals surface area contributed by atoms with E-state index in [-0.39, 0.29) is 36.0 Å². The minimum atomic E-state index is -0.0897. The summed E-state index contributed by atoms with van der Waals surface area (Å²) in [5.74, 6) is 2.18. The zero-order valence-corrected chi connectivity index (χ0v) is 17.6. The Labute approximate surface area is 162 Å². The molecular weight excluding hydrogens is 425 g/mol. The van der Waals surface area contributed by atoms with Gasteiger partial charge < -0.3 is 20.1 Å². The number of ether oxygens (including phenoxy) is 1. The van der Waals surface area contributed by atoms with Crippen LogP contribution in [0, 0.1) is 5.41 Å². The highest BCUT2D eigenvalue weighted by Gasteiger charge is 2.32. The van der Waals surface area contributed by atoms with Gasteiger partial charge in [-0.3, -0.25) is 4.99 Å². The summed E-state index contributed by atoms with van der Waals surface area (Å²) in [5.41, 5.74) is -0.0897. The first-order valence-electron chi connectivity index (χ1n) is 8.56. The van der Waals surface area contributed by atoms with Crippen LogP contribution in [-0.2, 0) is 4.74 Å². The second-order valence-corrected chi connectivity index (χ2v) is 7.70. The van der Waals surface area contributed by atoms with Crippen LogP contribution in [-0.4, -0.2) is 73.0 Å². The molecule has 2 fully saturated rings. The lowest BCUT2D eigenvalue weighted by Gasteiger charge is -2.37. The number of rotatable bonds is 5. The number of aliphatic imine (C=N–C) groups is 1. The fourth-order valence-electron chi connectivity index (χ4n) is 3.00. The van der Waals surface area contributed by atoms with Gasteiger partial charge in [0.25, 0.3) is 0 Å². The third-order valence-corrected chi connectivity index (χ3v) is 6.05. The molecule has 136 valence electrons. The normalized spacial score (nSPS) is 24.9. The number of guanidine groups is 1. The van der Waals surface area contributed by atoms with Gasteiger partial charge in [-0.1, -0.05) is 6.92 Å². The van der Waals surface area contributed by atoms with Gasteiger partial charge >= 0.3 is 0 Å². The quantitative estimate of drug-likeness (QED) is 0.377. The van der Waals surface area contributed by atoms with Crippen molar-refractivity contribution < 1.29 is 9.84 Å². The minimum absolute atomic E-state index is 0. The van der Waals surface area contributed by atoms with Crippen molar-refractivity contribution in [3.05, 3.63) is 0 Å². The molecule has 0 aromatic heterocycles. The molecule has 0 amide bonds. The molecule has 0 bridgehead atoms. The highest BCUT2D eigenvalue weighted by Crippen LogP contribution is 2.30. The maximum absolute atomic E-state index is 9.81. The average molecular weight is 457 g/mol. The number of halogens is 1. The number of aliphatic hydroxyl groups is 1. The SMILES string of the molecule is CCNC(=NCC1(CO)CCOCC1)N1CCSC(CC)C1.I. The standard InChI is InChI=1S/C16H31N3O2S.HI/c1-3-14-11-19(7-10-22-14)15(17-4-2)18-12-16(13-20)5-8-21-9-6-16;/h14,20H,3-13H2,1-2H3,(H,17,18);1H. The van der Waals surface area contributed by atoms with E-state index in [9.17, 15) is 5.11 Å². The zero-order chi connectivity index (χ0) is 15.8. The van der Waals surface area contributed by atoms with Crippen LogP contribution >= 0.6 is 35.7 Å². The molecule has 0 radical (unpaired) electrons. The van der Waals surface area contributed by atoms with E-state index in [2.05, 4.69) is 35.8 Å². The predicted octanol–water partition coefficient (Wildman–Crippen LogP) is 2.19. The molecule has 0 saturated carbocycles. The second-order valence-electron chi connectivity index (χ2n) is 6.29. The first-order valence-corrected chi connectivity index (χ1v) is 9.61. The number of hydrogen-bond acceptors (Lipinski definition) is 4. The first kappa shape index (κ1) is 21.3. The Morgan fingerprint density at radius 2 is 2.13 bits per heavy atom. The topological polar surface area (TPSA) is 57.1 Å². The molecule has 1 unspecified atom stereocenters. The van der Waals surface area contributed by atoms with Crippen molar-refractivity contribution in [3.63, 3.8) is 0 Å². The summed E-state index contributed by atoms with van der Waals surface area (Å²) in [6.45, 7) is 9.76. The molecule has 5 nitrogen and oxygen atoms in total. The Morgan fingerprint density at radius 1 is 1.39 bits per heavy atom. The van der Waals surface area contributed by atoms with Crippen molar-refractivity contribution in [1.82, 2.24) is 10.2 Å². The predicted molar refractivity (Wildman–Crippen MR) is 109 cm³/mol. The first-order chi connectivity index (χ1) is 10.7. The van der Waals surface area contributed by atoms with Gasteiger partial charge in [-0.2, -0.15) is 11.8 Å². The van der Waals surface area contributed by atoms with Crippen molar-refractivity contribution in [1.29, 1.82) is 0 Å². The molecule has 0 aromatic carbocycles. The molecular formula is C16H32IN3O2S. The second kappa shape index (κ2) is 11.0. The maximum Gasteiger partial charge on any atom is 0.193 e. The highest BCUT2D eigenvalue weighted by molar-refractivity contribution is 14.0. The van der Waals surface area contributed by atoms with Crippen LogP contribution in [0.1, 0.15) is 33.1 Å². The summed E-state index contributed by atoms with van der Waals surface area (Å²) >= 11 is 2.07. The number of aliphatic hydroxyl groups excluding tert-OH is 1. The van der Waals surface area contributed by atoms with Crippen molar-refractivity contribution in [2.24, 2.45) is 10.4 Å². The summed E-state index contributed by atoms with van der Waals surface area (Å²) < 4.78 is 5.44. The third-order valence-electron chi connectivity index (χ3n) is 4.68. The highest BCUT2D eigenvalue weighted by atomic mass is 127. The Morgan fingerprint density at radius 3 is 2.74 bits per heavy atom. The van der Waals surface area contributed by atoms with Gasteiger partial charge in [-0.25, -0.2) is 0 Å². The summed E-state index contributed by atoms with van der Waals surface area (Å²) in [6.07, 6.45) is 3.01. The largest absolute Gasteiger partial charge is 0.396 e. The summed E-state index contributed by atoms with van der Waals surface area (Å²) in [5, 5.41) is 13.9. The number of hydrogen-bond donors (Lipinski definition) is 2. The molecule has 1 atom stereocenters. The molecule has 2 rings (SSSR count). The minimum Gasteiger partial charge on any atom is -0.396 e. The zero-order valence-electron chi connectivity index (χ0n) is 14.4. The Balaban J connectivity index is 0.00000264. The van der Waals surface area contributed by atoms with Crippen LogP contribution in [0.3, 0.4) is 0 Å². The van der Waals surface area contributed by atoms with Crippen molar-refractivity contribution in [3.8, 4) is 0 Å². The number of thioether (sulfide) groups is 1. The third kappa shape index (κ3) is 6.25. The van der Waals surface area contributed by atoms with Gasteiger partial charge in [-0.05, 0) is 26.2 Å². The molecule has 2 saturated heterocycles. The van der Waals surface area contributed by atoms with Crippen LogP contribution in [0.25, 0.3) is 0 Å². The average Bonchev–Trinajstić information content (AvgIpc) is 2.59. The molecule has 0 spiro atoms. The summed E-state index contributed by atoms with van der Waals surface area (Å²) in [4.78, 5) is 7.27. The molecule has 23 heavy (non-hydrogen) atoms. The van der Waals surface area contributed by atoms with E-state index in [4.69, 9.17) is 9.73 Å². The maximum atomic E-state index is 9.81. The van der Waals surface area contributed by atoms with Gasteiger partial charge in [-0.15, -0.1) is 24.0 Å². The van der Waals surface area contributed by atoms with Gasteiger partial charge in [0.15, 0.2) is 5.96 Å². The number of nitrogens with zero attached hydrogens (tertiary/aromatic N) is 2. The summed E-state index contributed by atoms with van der Waals surface area (Å²) in [6, 6.07) is 0. The van der Waals surface area contributed by atoms with Crippen molar-refractivity contribution in [2.75, 3.05) is 51.8 Å². The monoisotopic (exact) mass is 457 g/mol. The lowest BCUT2D eigenvalue weighted by molar-refractivity contribution is -0.0107. The lowest BCUT2D eigenvalue weighted by atomic mass is 9.81. The number of nitrogens with one attached hydrogen (secondary N) is 1. The van der Waals surface area contributed by atoms with Crippen LogP contribution in [0.2, 0.25) is 0 Å². The Bertz CT molecular complexity index is 365. The van der Waals surface area contributed by atoms with Gasteiger partial charge in [0.2, 0.25) is 0 Å². The fourth-order valence-corrected chi connectivity index (χ4v) is 4.18. The van der Waals surface area contributed by atoms with Crippen molar-refractivity contribution >= 4 is 41.7 Å². The molecule has 2 N–H and O–H groups in total. The van der Waals surface area contributed by atoms with E-state index in [1.807, 2.05) is 0 Å². The van der Waals surface area contributed by atoms with Crippen LogP contribution in [0.5, 0.6) is 0 Å². The van der Waals surface area contributed by atoms with E-state index in [1.54, 1.807) is 0 Å². The van der Waals surface area contributed by atoms with Crippen LogP contribution in [0.15, 0.2) is 4.99 Å². The van der Waals surface area contributed by atoms with E-state index in [0.717, 1.165) is 51.6 Å². The fraction of sp³-hybridized carbons (Fsp3) is 0.938. The molecule has 2 aliphatic rings. The van der Waals surface area contributed by atoms with Crippen molar-refractivity contribution in [2.45, 2.75) is 38.4 Å². The van der Waals surface area contributed by atoms with E-state index in [0.29, 0.717) is 11.8 Å². The van der Waals surface area contributed by atoms with E-state index in [1.165, 1.54) is 12.2 Å². The molecule has 0 aliphatic carbocycles. The lowest BCUT2D eigenvalue weighted by Crippen LogP contribution is -2.48. The van der Waals surface area contributed by atoms with Gasteiger partial charge in [0, 0.05) is 49.3 Å². The molecule has 7 heteroatoms. The van der Waals surface area contributed by atoms with E-state index < -0.39 is 0 Å². The van der Waals surface area contributed by atoms with Crippen LogP contribution in [0.4, 0.5) is 0 Å². The molecule has 2 heterocycles. The van der Waals surface area contributed by atoms with Crippen LogP contribution < -0.4 is 5.32 Å². The molecule has 0 aromatic rings. The Hall–Kier alpha value is 0.270. The van der Waals surface area contributed by atoms with Gasteiger partial charge in [0.05, 0.1) is 13.2 Å².